The Morgan fingerprint density at radius 1 is 1.26 bits per heavy atom. The minimum Gasteiger partial charge on any atom is -0.267 e. The van der Waals surface area contributed by atoms with Gasteiger partial charge >= 0.3 is 0 Å². The third kappa shape index (κ3) is 2.70. The zero-order chi connectivity index (χ0) is 13.2. The van der Waals surface area contributed by atoms with Gasteiger partial charge in [-0.3, -0.25) is 4.79 Å². The summed E-state index contributed by atoms with van der Waals surface area (Å²) >= 11 is 0. The van der Waals surface area contributed by atoms with Gasteiger partial charge in [0.1, 0.15) is 0 Å². The normalized spacial score (nSPS) is 29.0. The Balaban J connectivity index is 1.54. The zero-order valence-electron chi connectivity index (χ0n) is 11.3. The second-order valence-corrected chi connectivity index (χ2v) is 5.92. The van der Waals surface area contributed by atoms with E-state index >= 15 is 0 Å². The molecule has 1 N–H and O–H groups in total. The van der Waals surface area contributed by atoms with Crippen molar-refractivity contribution in [3.63, 3.8) is 0 Å². The van der Waals surface area contributed by atoms with E-state index < -0.39 is 0 Å². The highest BCUT2D eigenvalue weighted by atomic mass is 16.2. The van der Waals surface area contributed by atoms with Gasteiger partial charge < -0.3 is 0 Å². The van der Waals surface area contributed by atoms with Gasteiger partial charge in [-0.15, -0.1) is 0 Å². The number of hydrogen-bond donors (Lipinski definition) is 1. The number of hydrazone groups is 1. The van der Waals surface area contributed by atoms with E-state index in [1.54, 1.807) is 0 Å². The fraction of sp³-hybridized carbons (Fsp3) is 0.500. The fourth-order valence-corrected chi connectivity index (χ4v) is 3.44. The average Bonchev–Trinajstić information content (AvgIpc) is 3.02. The van der Waals surface area contributed by atoms with E-state index in [-0.39, 0.29) is 5.91 Å². The number of benzene rings is 1. The molecule has 2 saturated carbocycles. The lowest BCUT2D eigenvalue weighted by Crippen LogP contribution is -2.20. The molecule has 3 nitrogen and oxygen atoms in total. The van der Waals surface area contributed by atoms with Crippen LogP contribution in [0.3, 0.4) is 0 Å². The van der Waals surface area contributed by atoms with E-state index in [1.807, 2.05) is 37.4 Å². The molecule has 0 aromatic heterocycles. The molecule has 2 fully saturated rings. The van der Waals surface area contributed by atoms with Crippen molar-refractivity contribution in [1.29, 1.82) is 0 Å². The summed E-state index contributed by atoms with van der Waals surface area (Å²) in [5.74, 6) is 2.18. The molecule has 0 spiro atoms. The van der Waals surface area contributed by atoms with Crippen molar-refractivity contribution < 1.29 is 4.79 Å². The number of carbonyl (C=O) groups is 1. The summed E-state index contributed by atoms with van der Waals surface area (Å²) in [5, 5.41) is 4.15. The number of carbonyl (C=O) groups excluding carboxylic acids is 1. The molecule has 0 unspecified atom stereocenters. The highest BCUT2D eigenvalue weighted by molar-refractivity contribution is 5.94. The number of nitrogens with zero attached hydrogens (tertiary/aromatic N) is 1. The first-order valence-electron chi connectivity index (χ1n) is 7.12. The van der Waals surface area contributed by atoms with Crippen LogP contribution in [-0.2, 0) is 0 Å². The van der Waals surface area contributed by atoms with Gasteiger partial charge in [-0.25, -0.2) is 5.43 Å². The standard InChI is InChI=1S/C16H20N2O/c1-11-2-5-13(6-3-11)16(19)18-17-10-15-9-12-4-7-14(15)8-12/h2-3,5-6,10,12,14-15H,4,7-9H2,1H3,(H,18,19)/b17-10-/t12-,14-,15-/m0/s1. The molecule has 3 rings (SSSR count). The highest BCUT2D eigenvalue weighted by Gasteiger charge is 2.38. The summed E-state index contributed by atoms with van der Waals surface area (Å²) in [6, 6.07) is 7.54. The van der Waals surface area contributed by atoms with Crippen molar-refractivity contribution in [3.05, 3.63) is 35.4 Å². The summed E-state index contributed by atoms with van der Waals surface area (Å²) < 4.78 is 0. The Morgan fingerprint density at radius 2 is 2.05 bits per heavy atom. The zero-order valence-corrected chi connectivity index (χ0v) is 11.3. The number of amides is 1. The Hall–Kier alpha value is -1.64. The first-order valence-corrected chi connectivity index (χ1v) is 7.12. The number of fused-ring (bicyclic) bond motifs is 2. The molecule has 1 amide bonds. The lowest BCUT2D eigenvalue weighted by molar-refractivity contribution is 0.0955. The number of nitrogens with one attached hydrogen (secondary N) is 1. The van der Waals surface area contributed by atoms with Crippen LogP contribution in [0.1, 0.15) is 41.6 Å². The Morgan fingerprint density at radius 3 is 2.68 bits per heavy atom. The molecule has 2 aliphatic carbocycles. The largest absolute Gasteiger partial charge is 0.271 e. The second kappa shape index (κ2) is 5.16. The lowest BCUT2D eigenvalue weighted by Gasteiger charge is -2.16. The molecule has 1 aromatic carbocycles. The van der Waals surface area contributed by atoms with Crippen LogP contribution in [0, 0.1) is 24.7 Å². The monoisotopic (exact) mass is 256 g/mol. The van der Waals surface area contributed by atoms with Crippen LogP contribution in [-0.4, -0.2) is 12.1 Å². The summed E-state index contributed by atoms with van der Waals surface area (Å²) in [5.41, 5.74) is 4.45. The lowest BCUT2D eigenvalue weighted by atomic mass is 9.90. The summed E-state index contributed by atoms with van der Waals surface area (Å²) in [4.78, 5) is 11.9. The molecular weight excluding hydrogens is 236 g/mol. The third-order valence-corrected chi connectivity index (χ3v) is 4.54. The maximum absolute atomic E-state index is 11.9. The van der Waals surface area contributed by atoms with Crippen molar-refractivity contribution in [2.24, 2.45) is 22.9 Å². The van der Waals surface area contributed by atoms with Crippen LogP contribution in [0.5, 0.6) is 0 Å². The third-order valence-electron chi connectivity index (χ3n) is 4.54. The van der Waals surface area contributed by atoms with Gasteiger partial charge in [-0.1, -0.05) is 24.1 Å². The predicted octanol–water partition coefficient (Wildman–Crippen LogP) is 3.15. The fourth-order valence-electron chi connectivity index (χ4n) is 3.44. The van der Waals surface area contributed by atoms with E-state index in [0.717, 1.165) is 17.4 Å². The van der Waals surface area contributed by atoms with Crippen LogP contribution >= 0.6 is 0 Å². The van der Waals surface area contributed by atoms with E-state index in [2.05, 4.69) is 10.5 Å². The van der Waals surface area contributed by atoms with E-state index in [4.69, 9.17) is 0 Å². The first-order chi connectivity index (χ1) is 9.22. The minimum atomic E-state index is -0.126. The minimum absolute atomic E-state index is 0.126. The van der Waals surface area contributed by atoms with E-state index in [9.17, 15) is 4.79 Å². The molecule has 19 heavy (non-hydrogen) atoms. The van der Waals surface area contributed by atoms with Crippen molar-refractivity contribution >= 4 is 12.1 Å². The van der Waals surface area contributed by atoms with Crippen molar-refractivity contribution in [2.75, 3.05) is 0 Å². The average molecular weight is 256 g/mol. The molecule has 3 heteroatoms. The van der Waals surface area contributed by atoms with Gasteiger partial charge in [-0.2, -0.15) is 5.10 Å². The van der Waals surface area contributed by atoms with Crippen molar-refractivity contribution in [3.8, 4) is 0 Å². The van der Waals surface area contributed by atoms with Gasteiger partial charge in [0, 0.05) is 11.8 Å². The highest BCUT2D eigenvalue weighted by Crippen LogP contribution is 2.47. The van der Waals surface area contributed by atoms with Crippen molar-refractivity contribution in [2.45, 2.75) is 32.6 Å². The maximum atomic E-state index is 11.9. The molecule has 0 heterocycles. The molecule has 1 aromatic rings. The summed E-state index contributed by atoms with van der Waals surface area (Å²) in [6.07, 6.45) is 7.31. The van der Waals surface area contributed by atoms with Crippen LogP contribution in [0.15, 0.2) is 29.4 Å². The van der Waals surface area contributed by atoms with Gasteiger partial charge in [-0.05, 0) is 56.1 Å². The number of rotatable bonds is 3. The predicted molar refractivity (Wildman–Crippen MR) is 76.1 cm³/mol. The molecule has 3 atom stereocenters. The first kappa shape index (κ1) is 12.4. The van der Waals surface area contributed by atoms with Gasteiger partial charge in [0.05, 0.1) is 0 Å². The smallest absolute Gasteiger partial charge is 0.267 e. The Labute approximate surface area is 114 Å². The number of aryl methyl sites for hydroxylation is 1. The van der Waals surface area contributed by atoms with Gasteiger partial charge in [0.25, 0.3) is 5.91 Å². The van der Waals surface area contributed by atoms with Crippen LogP contribution in [0.25, 0.3) is 0 Å². The van der Waals surface area contributed by atoms with Gasteiger partial charge in [0.2, 0.25) is 0 Å². The molecule has 0 aliphatic heterocycles. The van der Waals surface area contributed by atoms with Crippen LogP contribution in [0.4, 0.5) is 0 Å². The molecule has 0 radical (unpaired) electrons. The SMILES string of the molecule is Cc1ccc(C(=O)N/N=C\[C@@H]2C[C@H]3CC[C@H]2C3)cc1. The summed E-state index contributed by atoms with van der Waals surface area (Å²) in [7, 11) is 0. The van der Waals surface area contributed by atoms with Crippen LogP contribution in [0.2, 0.25) is 0 Å². The summed E-state index contributed by atoms with van der Waals surface area (Å²) in [6.45, 7) is 2.01. The topological polar surface area (TPSA) is 41.5 Å². The van der Waals surface area contributed by atoms with Crippen LogP contribution < -0.4 is 5.43 Å². The number of hydrogen-bond acceptors (Lipinski definition) is 2. The molecule has 0 saturated heterocycles. The molecular formula is C16H20N2O. The molecule has 2 bridgehead atoms. The van der Waals surface area contributed by atoms with Crippen molar-refractivity contribution in [1.82, 2.24) is 5.43 Å². The van der Waals surface area contributed by atoms with Gasteiger partial charge in [0.15, 0.2) is 0 Å². The Bertz CT molecular complexity index is 492. The van der Waals surface area contributed by atoms with E-state index in [1.165, 1.54) is 25.7 Å². The van der Waals surface area contributed by atoms with E-state index in [0.29, 0.717) is 11.5 Å². The maximum Gasteiger partial charge on any atom is 0.271 e. The second-order valence-electron chi connectivity index (χ2n) is 5.92. The quantitative estimate of drug-likeness (QED) is 0.655. The molecule has 2 aliphatic rings. The molecule has 100 valence electrons. The Kier molecular flexibility index (Phi) is 3.36.